The van der Waals surface area contributed by atoms with Crippen LogP contribution in [0.25, 0.3) is 0 Å². The maximum Gasteiger partial charge on any atom is 0.221 e. The van der Waals surface area contributed by atoms with Gasteiger partial charge < -0.3 is 5.32 Å². The van der Waals surface area contributed by atoms with Crippen molar-refractivity contribution >= 4 is 11.6 Å². The molecule has 0 unspecified atom stereocenters. The van der Waals surface area contributed by atoms with Crippen LogP contribution in [0.4, 0.5) is 5.69 Å². The number of amides is 1. The molecule has 0 aliphatic carbocycles. The van der Waals surface area contributed by atoms with Gasteiger partial charge in [0, 0.05) is 24.5 Å². The molecule has 1 N–H and O–H groups in total. The van der Waals surface area contributed by atoms with Crippen molar-refractivity contribution < 1.29 is 4.79 Å². The van der Waals surface area contributed by atoms with E-state index in [1.807, 2.05) is 20.0 Å². The molecule has 1 amide bonds. The Hall–Kier alpha value is -1.38. The molecular weight excluding hydrogens is 212 g/mol. The first-order valence-electron chi connectivity index (χ1n) is 5.93. The van der Waals surface area contributed by atoms with E-state index in [1.165, 1.54) is 6.92 Å². The third-order valence-corrected chi connectivity index (χ3v) is 2.62. The summed E-state index contributed by atoms with van der Waals surface area (Å²) in [7, 11) is 0. The van der Waals surface area contributed by atoms with Gasteiger partial charge in [-0.3, -0.25) is 9.78 Å². The molecule has 0 radical (unpaired) electrons. The van der Waals surface area contributed by atoms with Gasteiger partial charge in [-0.25, -0.2) is 0 Å². The largest absolute Gasteiger partial charge is 0.326 e. The Bertz CT molecular complexity index is 431. The number of pyridine rings is 1. The van der Waals surface area contributed by atoms with Crippen molar-refractivity contribution in [2.24, 2.45) is 5.41 Å². The summed E-state index contributed by atoms with van der Waals surface area (Å²) >= 11 is 0. The van der Waals surface area contributed by atoms with Crippen molar-refractivity contribution in [3.05, 3.63) is 23.0 Å². The lowest BCUT2D eigenvalue weighted by atomic mass is 9.88. The molecule has 0 atom stereocenters. The van der Waals surface area contributed by atoms with Gasteiger partial charge in [0.2, 0.25) is 5.91 Å². The van der Waals surface area contributed by atoms with Gasteiger partial charge >= 0.3 is 0 Å². The van der Waals surface area contributed by atoms with Crippen molar-refractivity contribution in [1.29, 1.82) is 0 Å². The van der Waals surface area contributed by atoms with Crippen molar-refractivity contribution in [2.45, 2.75) is 48.0 Å². The van der Waals surface area contributed by atoms with E-state index in [-0.39, 0.29) is 11.3 Å². The SMILES string of the molecule is CC(=O)Nc1c(C)cnc(CC(C)(C)C)c1C. The average molecular weight is 234 g/mol. The first-order valence-corrected chi connectivity index (χ1v) is 5.93. The number of aryl methyl sites for hydroxylation is 1. The van der Waals surface area contributed by atoms with Crippen molar-refractivity contribution in [3.63, 3.8) is 0 Å². The molecule has 0 spiro atoms. The molecule has 17 heavy (non-hydrogen) atoms. The van der Waals surface area contributed by atoms with E-state index >= 15 is 0 Å². The molecule has 0 aliphatic heterocycles. The van der Waals surface area contributed by atoms with Crippen LogP contribution in [0.2, 0.25) is 0 Å². The molecule has 0 saturated heterocycles. The molecule has 3 heteroatoms. The lowest BCUT2D eigenvalue weighted by molar-refractivity contribution is -0.114. The van der Waals surface area contributed by atoms with Crippen LogP contribution in [0.5, 0.6) is 0 Å². The Balaban J connectivity index is 3.14. The predicted octanol–water partition coefficient (Wildman–Crippen LogP) is 3.25. The van der Waals surface area contributed by atoms with E-state index in [1.54, 1.807) is 0 Å². The highest BCUT2D eigenvalue weighted by molar-refractivity contribution is 5.90. The second-order valence-electron chi connectivity index (χ2n) is 5.81. The Labute approximate surface area is 104 Å². The zero-order valence-electron chi connectivity index (χ0n) is 11.6. The second-order valence-corrected chi connectivity index (χ2v) is 5.81. The molecule has 0 fully saturated rings. The van der Waals surface area contributed by atoms with Crippen molar-refractivity contribution in [2.75, 3.05) is 5.32 Å². The number of carbonyl (C=O) groups excluding carboxylic acids is 1. The van der Waals surface area contributed by atoms with E-state index in [0.717, 1.165) is 28.9 Å². The van der Waals surface area contributed by atoms with Crippen LogP contribution in [0.3, 0.4) is 0 Å². The quantitative estimate of drug-likeness (QED) is 0.853. The lowest BCUT2D eigenvalue weighted by Crippen LogP contribution is -2.15. The topological polar surface area (TPSA) is 42.0 Å². The first kappa shape index (κ1) is 13.7. The molecule has 3 nitrogen and oxygen atoms in total. The number of anilines is 1. The normalized spacial score (nSPS) is 11.4. The lowest BCUT2D eigenvalue weighted by Gasteiger charge is -2.21. The Kier molecular flexibility index (Phi) is 3.91. The number of carbonyl (C=O) groups is 1. The summed E-state index contributed by atoms with van der Waals surface area (Å²) < 4.78 is 0. The molecule has 1 heterocycles. The van der Waals surface area contributed by atoms with Crippen molar-refractivity contribution in [3.8, 4) is 0 Å². The monoisotopic (exact) mass is 234 g/mol. The van der Waals surface area contributed by atoms with Gasteiger partial charge in [0.1, 0.15) is 0 Å². The standard InChI is InChI=1S/C14H22N2O/c1-9-8-15-12(7-14(4,5)6)10(2)13(9)16-11(3)17/h8H,7H2,1-6H3,(H,15,16,17). The highest BCUT2D eigenvalue weighted by atomic mass is 16.1. The van der Waals surface area contributed by atoms with Gasteiger partial charge in [-0.1, -0.05) is 20.8 Å². The zero-order chi connectivity index (χ0) is 13.2. The second kappa shape index (κ2) is 4.86. The van der Waals surface area contributed by atoms with E-state index < -0.39 is 0 Å². The van der Waals surface area contributed by atoms with Crippen molar-refractivity contribution in [1.82, 2.24) is 4.98 Å². The summed E-state index contributed by atoms with van der Waals surface area (Å²) in [5, 5.41) is 2.89. The summed E-state index contributed by atoms with van der Waals surface area (Å²) in [6, 6.07) is 0. The van der Waals surface area contributed by atoms with E-state index in [0.29, 0.717) is 0 Å². The smallest absolute Gasteiger partial charge is 0.221 e. The van der Waals surface area contributed by atoms with Gasteiger partial charge in [-0.05, 0) is 36.8 Å². The third-order valence-electron chi connectivity index (χ3n) is 2.62. The van der Waals surface area contributed by atoms with Crippen LogP contribution in [0.15, 0.2) is 6.20 Å². The summed E-state index contributed by atoms with van der Waals surface area (Å²) in [4.78, 5) is 15.7. The minimum Gasteiger partial charge on any atom is -0.326 e. The number of rotatable bonds is 2. The van der Waals surface area contributed by atoms with Crippen LogP contribution in [-0.2, 0) is 11.2 Å². The van der Waals surface area contributed by atoms with Gasteiger partial charge in [0.15, 0.2) is 0 Å². The van der Waals surface area contributed by atoms with E-state index in [4.69, 9.17) is 0 Å². The minimum absolute atomic E-state index is 0.0379. The van der Waals surface area contributed by atoms with E-state index in [2.05, 4.69) is 31.1 Å². The molecule has 94 valence electrons. The first-order chi connectivity index (χ1) is 7.70. The molecular formula is C14H22N2O. The summed E-state index contributed by atoms with van der Waals surface area (Å²) in [5.41, 5.74) is 4.25. The molecule has 1 aromatic heterocycles. The minimum atomic E-state index is -0.0379. The fourth-order valence-electron chi connectivity index (χ4n) is 1.83. The summed E-state index contributed by atoms with van der Waals surface area (Å²) in [6.45, 7) is 12.1. The molecule has 1 aromatic rings. The number of hydrogen-bond donors (Lipinski definition) is 1. The zero-order valence-corrected chi connectivity index (χ0v) is 11.6. The number of hydrogen-bond acceptors (Lipinski definition) is 2. The number of nitrogens with zero attached hydrogens (tertiary/aromatic N) is 1. The third kappa shape index (κ3) is 3.84. The van der Waals surface area contributed by atoms with Gasteiger partial charge in [0.25, 0.3) is 0 Å². The highest BCUT2D eigenvalue weighted by Gasteiger charge is 2.16. The van der Waals surface area contributed by atoms with Crippen LogP contribution in [0, 0.1) is 19.3 Å². The van der Waals surface area contributed by atoms with Crippen LogP contribution >= 0.6 is 0 Å². The number of nitrogens with one attached hydrogen (secondary N) is 1. The highest BCUT2D eigenvalue weighted by Crippen LogP contribution is 2.27. The van der Waals surface area contributed by atoms with E-state index in [9.17, 15) is 4.79 Å². The van der Waals surface area contributed by atoms with Gasteiger partial charge in [0.05, 0.1) is 0 Å². The average Bonchev–Trinajstić information content (AvgIpc) is 2.15. The maximum atomic E-state index is 11.2. The fourth-order valence-corrected chi connectivity index (χ4v) is 1.83. The Morgan fingerprint density at radius 1 is 1.35 bits per heavy atom. The summed E-state index contributed by atoms with van der Waals surface area (Å²) in [6.07, 6.45) is 2.74. The molecule has 0 aliphatic rings. The molecule has 0 saturated carbocycles. The molecule has 1 rings (SSSR count). The molecule has 0 aromatic carbocycles. The van der Waals surface area contributed by atoms with Crippen LogP contribution < -0.4 is 5.32 Å². The van der Waals surface area contributed by atoms with Gasteiger partial charge in [-0.15, -0.1) is 0 Å². The fraction of sp³-hybridized carbons (Fsp3) is 0.571. The number of aromatic nitrogens is 1. The maximum absolute atomic E-state index is 11.2. The summed E-state index contributed by atoms with van der Waals surface area (Å²) in [5.74, 6) is -0.0379. The van der Waals surface area contributed by atoms with Crippen LogP contribution in [-0.4, -0.2) is 10.9 Å². The van der Waals surface area contributed by atoms with Gasteiger partial charge in [-0.2, -0.15) is 0 Å². The Morgan fingerprint density at radius 2 is 1.94 bits per heavy atom. The Morgan fingerprint density at radius 3 is 2.41 bits per heavy atom. The predicted molar refractivity (Wildman–Crippen MR) is 71.2 cm³/mol. The molecule has 0 bridgehead atoms. The van der Waals surface area contributed by atoms with Crippen LogP contribution in [0.1, 0.15) is 44.5 Å².